The summed E-state index contributed by atoms with van der Waals surface area (Å²) in [4.78, 5) is 0. The van der Waals surface area contributed by atoms with Crippen LogP contribution in [0.15, 0.2) is 11.6 Å². The smallest absolute Gasteiger partial charge is 0.164 e. The van der Waals surface area contributed by atoms with Crippen LogP contribution in [0.4, 0.5) is 0 Å². The summed E-state index contributed by atoms with van der Waals surface area (Å²) in [7, 11) is 3.44. The highest BCUT2D eigenvalue weighted by Crippen LogP contribution is 2.44. The highest BCUT2D eigenvalue weighted by atomic mass is 16.7. The maximum atomic E-state index is 5.44. The van der Waals surface area contributed by atoms with Crippen LogP contribution in [0.3, 0.4) is 0 Å². The van der Waals surface area contributed by atoms with E-state index in [1.54, 1.807) is 14.2 Å². The lowest BCUT2D eigenvalue weighted by atomic mass is 9.67. The molecule has 0 heterocycles. The third-order valence-corrected chi connectivity index (χ3v) is 4.50. The van der Waals surface area contributed by atoms with Crippen molar-refractivity contribution in [3.63, 3.8) is 0 Å². The Bertz CT molecular complexity index is 275. The Morgan fingerprint density at radius 1 is 1.35 bits per heavy atom. The highest BCUT2D eigenvalue weighted by Gasteiger charge is 2.34. The van der Waals surface area contributed by atoms with Crippen molar-refractivity contribution < 1.29 is 9.47 Å². The minimum atomic E-state index is -0.437. The van der Waals surface area contributed by atoms with Crippen LogP contribution in [-0.4, -0.2) is 20.0 Å². The van der Waals surface area contributed by atoms with E-state index in [-0.39, 0.29) is 0 Å². The normalized spacial score (nSPS) is 24.6. The van der Waals surface area contributed by atoms with Crippen LogP contribution in [0.5, 0.6) is 0 Å². The van der Waals surface area contributed by atoms with Gasteiger partial charge in [-0.2, -0.15) is 0 Å². The molecular weight excluding hydrogens is 212 g/mol. The third kappa shape index (κ3) is 3.56. The van der Waals surface area contributed by atoms with Gasteiger partial charge in [0.1, 0.15) is 0 Å². The minimum absolute atomic E-state index is 0.404. The second-order valence-electron chi connectivity index (χ2n) is 6.11. The van der Waals surface area contributed by atoms with Crippen molar-refractivity contribution in [1.29, 1.82) is 0 Å². The first-order valence-electron chi connectivity index (χ1n) is 6.61. The molecule has 0 radical (unpaired) electrons. The molecule has 1 aliphatic rings. The summed E-state index contributed by atoms with van der Waals surface area (Å²) >= 11 is 0. The molecule has 2 heteroatoms. The van der Waals surface area contributed by atoms with Gasteiger partial charge in [0.15, 0.2) is 5.79 Å². The molecule has 100 valence electrons. The summed E-state index contributed by atoms with van der Waals surface area (Å²) in [5.41, 5.74) is 1.94. The molecule has 0 fully saturated rings. The molecule has 0 amide bonds. The van der Waals surface area contributed by atoms with Crippen LogP contribution < -0.4 is 0 Å². The maximum absolute atomic E-state index is 5.44. The number of allylic oxidation sites excluding steroid dienone is 2. The maximum Gasteiger partial charge on any atom is 0.164 e. The first-order valence-corrected chi connectivity index (χ1v) is 6.61. The summed E-state index contributed by atoms with van der Waals surface area (Å²) in [5.74, 6) is 0.217. The van der Waals surface area contributed by atoms with Crippen molar-refractivity contribution in [2.24, 2.45) is 11.3 Å². The Morgan fingerprint density at radius 3 is 2.41 bits per heavy atom. The molecule has 0 N–H and O–H groups in total. The highest BCUT2D eigenvalue weighted by molar-refractivity contribution is 5.12. The molecular formula is C15H28O2. The Hall–Kier alpha value is -0.340. The fraction of sp³-hybridized carbons (Fsp3) is 0.867. The summed E-state index contributed by atoms with van der Waals surface area (Å²) in [6.07, 6.45) is 6.98. The van der Waals surface area contributed by atoms with Crippen molar-refractivity contribution in [2.45, 2.75) is 59.2 Å². The standard InChI is InChI=1S/C15H28O2/c1-12-8-7-10-14(2,3)13(12)9-11-15(4,16-5)17-6/h8,13H,7,9-11H2,1-6H3. The summed E-state index contributed by atoms with van der Waals surface area (Å²) < 4.78 is 10.9. The molecule has 0 aromatic carbocycles. The van der Waals surface area contributed by atoms with E-state index in [9.17, 15) is 0 Å². The Kier molecular flexibility index (Phi) is 4.79. The summed E-state index contributed by atoms with van der Waals surface area (Å²) in [5, 5.41) is 0. The number of methoxy groups -OCH3 is 2. The second-order valence-corrected chi connectivity index (χ2v) is 6.11. The quantitative estimate of drug-likeness (QED) is 0.530. The monoisotopic (exact) mass is 240 g/mol. The number of ether oxygens (including phenoxy) is 2. The summed E-state index contributed by atoms with van der Waals surface area (Å²) in [6.45, 7) is 9.04. The molecule has 1 rings (SSSR count). The second kappa shape index (κ2) is 5.53. The lowest BCUT2D eigenvalue weighted by Crippen LogP contribution is -2.34. The predicted molar refractivity (Wildman–Crippen MR) is 71.9 cm³/mol. The van der Waals surface area contributed by atoms with Gasteiger partial charge >= 0.3 is 0 Å². The SMILES string of the molecule is COC(C)(CCC1C(C)=CCCC1(C)C)OC. The van der Waals surface area contributed by atoms with Gasteiger partial charge in [-0.25, -0.2) is 0 Å². The number of hydrogen-bond acceptors (Lipinski definition) is 2. The molecule has 1 aliphatic carbocycles. The topological polar surface area (TPSA) is 18.5 Å². The molecule has 0 spiro atoms. The molecule has 0 saturated carbocycles. The largest absolute Gasteiger partial charge is 0.353 e. The predicted octanol–water partition coefficient (Wildman–Crippen LogP) is 4.16. The number of rotatable bonds is 5. The van der Waals surface area contributed by atoms with Gasteiger partial charge in [0.2, 0.25) is 0 Å². The lowest BCUT2D eigenvalue weighted by Gasteiger charge is -2.40. The fourth-order valence-electron chi connectivity index (χ4n) is 2.92. The molecule has 0 aromatic heterocycles. The zero-order chi connectivity index (χ0) is 13.1. The molecule has 0 aromatic rings. The molecule has 0 saturated heterocycles. The molecule has 0 aliphatic heterocycles. The zero-order valence-electron chi connectivity index (χ0n) is 12.3. The van der Waals surface area contributed by atoms with E-state index in [2.05, 4.69) is 26.8 Å². The molecule has 1 unspecified atom stereocenters. The van der Waals surface area contributed by atoms with E-state index in [0.29, 0.717) is 11.3 Å². The van der Waals surface area contributed by atoms with Crippen LogP contribution in [0.2, 0.25) is 0 Å². The first-order chi connectivity index (χ1) is 7.84. The van der Waals surface area contributed by atoms with Gasteiger partial charge in [-0.3, -0.25) is 0 Å². The van der Waals surface area contributed by atoms with Crippen LogP contribution >= 0.6 is 0 Å². The van der Waals surface area contributed by atoms with Gasteiger partial charge in [-0.1, -0.05) is 25.5 Å². The fourth-order valence-corrected chi connectivity index (χ4v) is 2.92. The lowest BCUT2D eigenvalue weighted by molar-refractivity contribution is -0.199. The van der Waals surface area contributed by atoms with Crippen LogP contribution in [-0.2, 0) is 9.47 Å². The van der Waals surface area contributed by atoms with Crippen molar-refractivity contribution in [2.75, 3.05) is 14.2 Å². The van der Waals surface area contributed by atoms with E-state index in [4.69, 9.17) is 9.47 Å². The van der Waals surface area contributed by atoms with Crippen molar-refractivity contribution in [3.05, 3.63) is 11.6 Å². The van der Waals surface area contributed by atoms with Crippen LogP contribution in [0.1, 0.15) is 53.4 Å². The summed E-state index contributed by atoms with van der Waals surface area (Å²) in [6, 6.07) is 0. The molecule has 2 nitrogen and oxygen atoms in total. The van der Waals surface area contributed by atoms with E-state index < -0.39 is 5.79 Å². The van der Waals surface area contributed by atoms with Gasteiger partial charge in [0.25, 0.3) is 0 Å². The number of hydrogen-bond donors (Lipinski definition) is 0. The van der Waals surface area contributed by atoms with Crippen molar-refractivity contribution in [1.82, 2.24) is 0 Å². The molecule has 1 atom stereocenters. The van der Waals surface area contributed by atoms with E-state index in [1.807, 2.05) is 6.92 Å². The van der Waals surface area contributed by atoms with E-state index >= 15 is 0 Å². The van der Waals surface area contributed by atoms with Gasteiger partial charge in [-0.15, -0.1) is 0 Å². The Balaban J connectivity index is 2.66. The van der Waals surface area contributed by atoms with E-state index in [0.717, 1.165) is 12.8 Å². The van der Waals surface area contributed by atoms with Crippen LogP contribution in [0.25, 0.3) is 0 Å². The first kappa shape index (κ1) is 14.7. The molecule has 17 heavy (non-hydrogen) atoms. The third-order valence-electron chi connectivity index (χ3n) is 4.50. The Morgan fingerprint density at radius 2 is 1.94 bits per heavy atom. The van der Waals surface area contributed by atoms with Crippen molar-refractivity contribution in [3.8, 4) is 0 Å². The zero-order valence-corrected chi connectivity index (χ0v) is 12.3. The van der Waals surface area contributed by atoms with Crippen molar-refractivity contribution >= 4 is 0 Å². The van der Waals surface area contributed by atoms with Gasteiger partial charge < -0.3 is 9.47 Å². The minimum Gasteiger partial charge on any atom is -0.353 e. The van der Waals surface area contributed by atoms with Gasteiger partial charge in [0.05, 0.1) is 0 Å². The Labute approximate surface area is 106 Å². The average molecular weight is 240 g/mol. The molecule has 0 bridgehead atoms. The van der Waals surface area contributed by atoms with Crippen LogP contribution in [0, 0.1) is 11.3 Å². The van der Waals surface area contributed by atoms with Gasteiger partial charge in [0, 0.05) is 20.6 Å². The van der Waals surface area contributed by atoms with Gasteiger partial charge in [-0.05, 0) is 44.4 Å². The van der Waals surface area contributed by atoms with E-state index in [1.165, 1.54) is 18.4 Å². The average Bonchev–Trinajstić information content (AvgIpc) is 2.27.